The second kappa shape index (κ2) is 5.47. The van der Waals surface area contributed by atoms with Crippen LogP contribution in [0.25, 0.3) is 0 Å². The lowest BCUT2D eigenvalue weighted by molar-refractivity contribution is 0.207. The Morgan fingerprint density at radius 1 is 1.11 bits per heavy atom. The van der Waals surface area contributed by atoms with Crippen LogP contribution >= 0.6 is 0 Å². The van der Waals surface area contributed by atoms with E-state index in [-0.39, 0.29) is 6.03 Å². The van der Waals surface area contributed by atoms with E-state index in [1.54, 1.807) is 0 Å². The molecule has 102 valence electrons. The molecular weight excluding hydrogens is 226 g/mol. The van der Waals surface area contributed by atoms with Crippen molar-refractivity contribution >= 4 is 6.03 Å². The fourth-order valence-corrected chi connectivity index (χ4v) is 3.75. The summed E-state index contributed by atoms with van der Waals surface area (Å²) in [6, 6.07) is 1.11. The van der Waals surface area contributed by atoms with Crippen molar-refractivity contribution in [3.05, 3.63) is 0 Å². The van der Waals surface area contributed by atoms with Crippen LogP contribution in [-0.2, 0) is 0 Å². The van der Waals surface area contributed by atoms with Gasteiger partial charge in [-0.05, 0) is 38.1 Å². The second-order valence-electron chi connectivity index (χ2n) is 6.15. The highest BCUT2D eigenvalue weighted by atomic mass is 16.2. The number of carbonyl (C=O) groups excluding carboxylic acids is 1. The van der Waals surface area contributed by atoms with Crippen LogP contribution < -0.4 is 10.6 Å². The third-order valence-electron chi connectivity index (χ3n) is 4.84. The van der Waals surface area contributed by atoms with Gasteiger partial charge < -0.3 is 15.5 Å². The van der Waals surface area contributed by atoms with E-state index >= 15 is 0 Å². The molecule has 4 heteroatoms. The number of hydrogen-bond donors (Lipinski definition) is 2. The van der Waals surface area contributed by atoms with E-state index in [1.807, 2.05) is 4.90 Å². The summed E-state index contributed by atoms with van der Waals surface area (Å²) in [6.07, 6.45) is 9.12. The molecule has 1 saturated carbocycles. The summed E-state index contributed by atoms with van der Waals surface area (Å²) in [6.45, 7) is 2.95. The Bertz CT molecular complexity index is 295. The standard InChI is InChI=1S/C14H25N3O/c18-14-16-13(11-5-1-2-6-11)10-17(14)9-12-7-3-4-8-15-12/h11-13,15H,1-10H2,(H,16,18). The first kappa shape index (κ1) is 12.3. The van der Waals surface area contributed by atoms with Gasteiger partial charge in [0.2, 0.25) is 0 Å². The Hall–Kier alpha value is -0.770. The summed E-state index contributed by atoms with van der Waals surface area (Å²) in [5.74, 6) is 0.735. The molecule has 1 aliphatic carbocycles. The lowest BCUT2D eigenvalue weighted by atomic mass is 9.99. The van der Waals surface area contributed by atoms with E-state index in [9.17, 15) is 4.79 Å². The first-order chi connectivity index (χ1) is 8.83. The highest BCUT2D eigenvalue weighted by Crippen LogP contribution is 2.30. The van der Waals surface area contributed by atoms with E-state index in [1.165, 1.54) is 44.9 Å². The molecule has 0 aromatic rings. The van der Waals surface area contributed by atoms with Gasteiger partial charge in [-0.25, -0.2) is 4.79 Å². The van der Waals surface area contributed by atoms with Crippen LogP contribution in [0, 0.1) is 5.92 Å². The number of nitrogens with one attached hydrogen (secondary N) is 2. The van der Waals surface area contributed by atoms with Crippen LogP contribution in [0.1, 0.15) is 44.9 Å². The Morgan fingerprint density at radius 2 is 1.89 bits per heavy atom. The van der Waals surface area contributed by atoms with Crippen LogP contribution in [0.2, 0.25) is 0 Å². The molecule has 18 heavy (non-hydrogen) atoms. The Labute approximate surface area is 109 Å². The Morgan fingerprint density at radius 3 is 2.61 bits per heavy atom. The van der Waals surface area contributed by atoms with E-state index in [2.05, 4.69) is 10.6 Å². The number of rotatable bonds is 3. The molecule has 2 aliphatic heterocycles. The summed E-state index contributed by atoms with van der Waals surface area (Å²) in [5, 5.41) is 6.72. The lowest BCUT2D eigenvalue weighted by Gasteiger charge is -2.27. The van der Waals surface area contributed by atoms with Gasteiger partial charge in [-0.3, -0.25) is 0 Å². The summed E-state index contributed by atoms with van der Waals surface area (Å²) in [5.41, 5.74) is 0. The van der Waals surface area contributed by atoms with Crippen molar-refractivity contribution in [2.24, 2.45) is 5.92 Å². The van der Waals surface area contributed by atoms with Crippen LogP contribution in [0.15, 0.2) is 0 Å². The molecule has 0 spiro atoms. The lowest BCUT2D eigenvalue weighted by Crippen LogP contribution is -2.44. The van der Waals surface area contributed by atoms with Crippen molar-refractivity contribution in [3.8, 4) is 0 Å². The number of piperidine rings is 1. The molecule has 2 saturated heterocycles. The van der Waals surface area contributed by atoms with Crippen molar-refractivity contribution in [1.29, 1.82) is 0 Å². The van der Waals surface area contributed by atoms with Crippen molar-refractivity contribution in [2.75, 3.05) is 19.6 Å². The molecule has 0 radical (unpaired) electrons. The third kappa shape index (κ3) is 2.63. The molecule has 0 aromatic carbocycles. The molecule has 3 fully saturated rings. The predicted octanol–water partition coefficient (Wildman–Crippen LogP) is 1.71. The van der Waals surface area contributed by atoms with Gasteiger partial charge in [0.05, 0.1) is 6.04 Å². The van der Waals surface area contributed by atoms with E-state index in [4.69, 9.17) is 0 Å². The number of carbonyl (C=O) groups is 1. The number of amides is 2. The summed E-state index contributed by atoms with van der Waals surface area (Å²) in [7, 11) is 0. The fourth-order valence-electron chi connectivity index (χ4n) is 3.75. The third-order valence-corrected chi connectivity index (χ3v) is 4.84. The highest BCUT2D eigenvalue weighted by Gasteiger charge is 2.36. The van der Waals surface area contributed by atoms with Crippen molar-refractivity contribution in [3.63, 3.8) is 0 Å². The quantitative estimate of drug-likeness (QED) is 0.802. The molecule has 4 nitrogen and oxygen atoms in total. The van der Waals surface area contributed by atoms with Crippen LogP contribution in [0.4, 0.5) is 4.79 Å². The normalized spacial score (nSPS) is 34.0. The molecule has 2 atom stereocenters. The maximum Gasteiger partial charge on any atom is 0.317 e. The van der Waals surface area contributed by atoms with Gasteiger partial charge >= 0.3 is 6.03 Å². The monoisotopic (exact) mass is 251 g/mol. The minimum Gasteiger partial charge on any atom is -0.333 e. The first-order valence-electron chi connectivity index (χ1n) is 7.62. The summed E-state index contributed by atoms with van der Waals surface area (Å²) >= 11 is 0. The fraction of sp³-hybridized carbons (Fsp3) is 0.929. The van der Waals surface area contributed by atoms with Gasteiger partial charge in [-0.15, -0.1) is 0 Å². The largest absolute Gasteiger partial charge is 0.333 e. The number of hydrogen-bond acceptors (Lipinski definition) is 2. The summed E-state index contributed by atoms with van der Waals surface area (Å²) < 4.78 is 0. The Balaban J connectivity index is 1.51. The van der Waals surface area contributed by atoms with Crippen molar-refractivity contribution < 1.29 is 4.79 Å². The average molecular weight is 251 g/mol. The molecule has 0 bridgehead atoms. The summed E-state index contributed by atoms with van der Waals surface area (Å²) in [4.78, 5) is 14.0. The van der Waals surface area contributed by atoms with Crippen molar-refractivity contribution in [1.82, 2.24) is 15.5 Å². The van der Waals surface area contributed by atoms with Gasteiger partial charge in [-0.1, -0.05) is 19.3 Å². The van der Waals surface area contributed by atoms with E-state index in [0.717, 1.165) is 25.6 Å². The molecule has 2 heterocycles. The number of nitrogens with zero attached hydrogens (tertiary/aromatic N) is 1. The van der Waals surface area contributed by atoms with Gasteiger partial charge in [0.1, 0.15) is 0 Å². The zero-order valence-electron chi connectivity index (χ0n) is 11.2. The molecule has 2 unspecified atom stereocenters. The Kier molecular flexibility index (Phi) is 3.73. The van der Waals surface area contributed by atoms with Gasteiger partial charge in [-0.2, -0.15) is 0 Å². The topological polar surface area (TPSA) is 44.4 Å². The predicted molar refractivity (Wildman–Crippen MR) is 71.5 cm³/mol. The highest BCUT2D eigenvalue weighted by molar-refractivity contribution is 5.77. The SMILES string of the molecule is O=C1NC(C2CCCC2)CN1CC1CCCCN1. The number of urea groups is 1. The minimum atomic E-state index is 0.166. The van der Waals surface area contributed by atoms with Crippen LogP contribution in [0.5, 0.6) is 0 Å². The zero-order valence-corrected chi connectivity index (χ0v) is 11.2. The molecule has 3 aliphatic rings. The zero-order chi connectivity index (χ0) is 12.4. The van der Waals surface area contributed by atoms with Gasteiger partial charge in [0, 0.05) is 19.1 Å². The molecule has 2 N–H and O–H groups in total. The van der Waals surface area contributed by atoms with Gasteiger partial charge in [0.15, 0.2) is 0 Å². The maximum absolute atomic E-state index is 12.0. The molecule has 0 aromatic heterocycles. The minimum absolute atomic E-state index is 0.166. The van der Waals surface area contributed by atoms with Crippen LogP contribution in [0.3, 0.4) is 0 Å². The van der Waals surface area contributed by atoms with E-state index in [0.29, 0.717) is 12.1 Å². The van der Waals surface area contributed by atoms with Gasteiger partial charge in [0.25, 0.3) is 0 Å². The second-order valence-corrected chi connectivity index (χ2v) is 6.15. The van der Waals surface area contributed by atoms with Crippen molar-refractivity contribution in [2.45, 2.75) is 57.0 Å². The maximum atomic E-state index is 12.0. The first-order valence-corrected chi connectivity index (χ1v) is 7.62. The smallest absolute Gasteiger partial charge is 0.317 e. The average Bonchev–Trinajstić information content (AvgIpc) is 3.01. The molecule has 3 rings (SSSR count). The molecular formula is C14H25N3O. The molecule has 2 amide bonds. The van der Waals surface area contributed by atoms with E-state index < -0.39 is 0 Å². The van der Waals surface area contributed by atoms with Crippen LogP contribution in [-0.4, -0.2) is 42.6 Å².